The second-order valence-electron chi connectivity index (χ2n) is 3.36. The quantitative estimate of drug-likeness (QED) is 0.447. The average molecular weight is 216 g/mol. The number of hydrazine groups is 1. The fourth-order valence-corrected chi connectivity index (χ4v) is 1.42. The van der Waals surface area contributed by atoms with Gasteiger partial charge in [0.05, 0.1) is 12.0 Å². The van der Waals surface area contributed by atoms with Crippen molar-refractivity contribution in [1.29, 1.82) is 0 Å². The molecule has 0 radical (unpaired) electrons. The van der Waals surface area contributed by atoms with Crippen molar-refractivity contribution >= 4 is 5.91 Å². The lowest BCUT2D eigenvalue weighted by Crippen LogP contribution is -2.32. The molecule has 0 aliphatic heterocycles. The second-order valence-corrected chi connectivity index (χ2v) is 3.36. The van der Waals surface area contributed by atoms with Gasteiger partial charge in [-0.3, -0.25) is 10.2 Å². The van der Waals surface area contributed by atoms with Gasteiger partial charge in [0.1, 0.15) is 6.54 Å². The van der Waals surface area contributed by atoms with Crippen molar-refractivity contribution < 1.29 is 4.79 Å². The number of nitrogens with two attached hydrogens (primary N) is 1. The number of carbonyl (C=O) groups excluding carboxylic acids is 1. The van der Waals surface area contributed by atoms with Gasteiger partial charge in [-0.2, -0.15) is 0 Å². The number of aromatic nitrogens is 2. The first-order valence-electron chi connectivity index (χ1n) is 4.86. The number of amides is 1. The summed E-state index contributed by atoms with van der Waals surface area (Å²) < 4.78 is 1.69. The van der Waals surface area contributed by atoms with E-state index in [1.54, 1.807) is 10.9 Å². The zero-order valence-corrected chi connectivity index (χ0v) is 8.63. The van der Waals surface area contributed by atoms with Crippen LogP contribution in [0.5, 0.6) is 0 Å². The first kappa shape index (κ1) is 10.4. The highest BCUT2D eigenvalue weighted by Gasteiger charge is 2.03. The van der Waals surface area contributed by atoms with Gasteiger partial charge in [-0.1, -0.05) is 30.3 Å². The normalized spacial score (nSPS) is 10.1. The van der Waals surface area contributed by atoms with E-state index in [2.05, 4.69) is 10.4 Å². The summed E-state index contributed by atoms with van der Waals surface area (Å²) in [5.41, 5.74) is 3.94. The van der Waals surface area contributed by atoms with Gasteiger partial charge in [0.2, 0.25) is 0 Å². The van der Waals surface area contributed by atoms with Crippen molar-refractivity contribution in [3.05, 3.63) is 42.9 Å². The van der Waals surface area contributed by atoms with Crippen LogP contribution in [0.4, 0.5) is 0 Å². The Labute approximate surface area is 92.9 Å². The minimum atomic E-state index is -0.253. The van der Waals surface area contributed by atoms with E-state index in [1.807, 2.05) is 36.5 Å². The maximum atomic E-state index is 11.0. The molecule has 3 N–H and O–H groups in total. The lowest BCUT2D eigenvalue weighted by molar-refractivity contribution is -0.121. The summed E-state index contributed by atoms with van der Waals surface area (Å²) in [7, 11) is 0. The number of imidazole rings is 1. The summed E-state index contributed by atoms with van der Waals surface area (Å²) in [5.74, 6) is 4.75. The molecule has 1 aromatic carbocycles. The number of hydrogen-bond acceptors (Lipinski definition) is 3. The molecule has 0 fully saturated rings. The fraction of sp³-hybridized carbons (Fsp3) is 0.0909. The fourth-order valence-electron chi connectivity index (χ4n) is 1.42. The smallest absolute Gasteiger partial charge is 0.253 e. The van der Waals surface area contributed by atoms with E-state index in [0.29, 0.717) is 0 Å². The first-order chi connectivity index (χ1) is 7.79. The van der Waals surface area contributed by atoms with Crippen molar-refractivity contribution in [2.24, 2.45) is 5.84 Å². The molecule has 1 heterocycles. The van der Waals surface area contributed by atoms with Crippen molar-refractivity contribution in [2.45, 2.75) is 6.54 Å². The van der Waals surface area contributed by atoms with E-state index >= 15 is 0 Å². The highest BCUT2D eigenvalue weighted by molar-refractivity contribution is 5.75. The third-order valence-electron chi connectivity index (χ3n) is 2.19. The minimum absolute atomic E-state index is 0.177. The van der Waals surface area contributed by atoms with E-state index in [1.165, 1.54) is 0 Å². The molecule has 0 spiro atoms. The van der Waals surface area contributed by atoms with E-state index in [4.69, 9.17) is 5.84 Å². The Morgan fingerprint density at radius 2 is 2.12 bits per heavy atom. The Hall–Kier alpha value is -2.14. The first-order valence-corrected chi connectivity index (χ1v) is 4.86. The van der Waals surface area contributed by atoms with E-state index < -0.39 is 0 Å². The maximum Gasteiger partial charge on any atom is 0.253 e. The molecule has 0 aliphatic carbocycles. The van der Waals surface area contributed by atoms with Gasteiger partial charge in [-0.25, -0.2) is 10.8 Å². The molecule has 5 nitrogen and oxygen atoms in total. The molecule has 0 atom stereocenters. The van der Waals surface area contributed by atoms with Crippen LogP contribution in [0, 0.1) is 0 Å². The van der Waals surface area contributed by atoms with Gasteiger partial charge in [0.25, 0.3) is 5.91 Å². The molecule has 0 saturated carbocycles. The lowest BCUT2D eigenvalue weighted by Gasteiger charge is -1.99. The molecule has 2 aromatic rings. The number of rotatable bonds is 3. The average Bonchev–Trinajstić information content (AvgIpc) is 2.78. The highest BCUT2D eigenvalue weighted by atomic mass is 16.2. The Bertz CT molecular complexity index is 478. The molecule has 16 heavy (non-hydrogen) atoms. The summed E-state index contributed by atoms with van der Waals surface area (Å²) >= 11 is 0. The Kier molecular flexibility index (Phi) is 2.98. The van der Waals surface area contributed by atoms with Crippen LogP contribution in [0.1, 0.15) is 0 Å². The van der Waals surface area contributed by atoms with Gasteiger partial charge in [-0.05, 0) is 0 Å². The van der Waals surface area contributed by atoms with Gasteiger partial charge in [0, 0.05) is 11.8 Å². The van der Waals surface area contributed by atoms with Crippen molar-refractivity contribution in [2.75, 3.05) is 0 Å². The van der Waals surface area contributed by atoms with Crippen LogP contribution in [0.25, 0.3) is 11.3 Å². The van der Waals surface area contributed by atoms with Gasteiger partial charge >= 0.3 is 0 Å². The summed E-state index contributed by atoms with van der Waals surface area (Å²) in [5, 5.41) is 0. The molecular formula is C11H12N4O. The predicted molar refractivity (Wildman–Crippen MR) is 60.0 cm³/mol. The molecule has 82 valence electrons. The second kappa shape index (κ2) is 4.59. The van der Waals surface area contributed by atoms with Crippen LogP contribution in [-0.2, 0) is 11.3 Å². The van der Waals surface area contributed by atoms with E-state index in [0.717, 1.165) is 11.3 Å². The van der Waals surface area contributed by atoms with Gasteiger partial charge in [-0.15, -0.1) is 0 Å². The lowest BCUT2D eigenvalue weighted by atomic mass is 10.2. The standard InChI is InChI=1S/C11H12N4O/c12-14-11(16)7-15-6-10(13-8-15)9-4-2-1-3-5-9/h1-6,8H,7,12H2,(H,14,16). The molecule has 0 bridgehead atoms. The summed E-state index contributed by atoms with van der Waals surface area (Å²) in [4.78, 5) is 15.3. The van der Waals surface area contributed by atoms with E-state index in [9.17, 15) is 4.79 Å². The number of benzene rings is 1. The van der Waals surface area contributed by atoms with Crippen LogP contribution in [0.2, 0.25) is 0 Å². The topological polar surface area (TPSA) is 72.9 Å². The van der Waals surface area contributed by atoms with Gasteiger partial charge < -0.3 is 4.57 Å². The Morgan fingerprint density at radius 1 is 1.38 bits per heavy atom. The van der Waals surface area contributed by atoms with Crippen molar-refractivity contribution in [3.8, 4) is 11.3 Å². The summed E-state index contributed by atoms with van der Waals surface area (Å²) in [6.07, 6.45) is 3.42. The number of hydrogen-bond donors (Lipinski definition) is 2. The molecule has 0 unspecified atom stereocenters. The van der Waals surface area contributed by atoms with Crippen molar-refractivity contribution in [3.63, 3.8) is 0 Å². The highest BCUT2D eigenvalue weighted by Crippen LogP contribution is 2.15. The molecule has 1 amide bonds. The van der Waals surface area contributed by atoms with Crippen molar-refractivity contribution in [1.82, 2.24) is 15.0 Å². The summed E-state index contributed by atoms with van der Waals surface area (Å²) in [6, 6.07) is 9.77. The maximum absolute atomic E-state index is 11.0. The predicted octanol–water partition coefficient (Wildman–Crippen LogP) is 0.540. The van der Waals surface area contributed by atoms with E-state index in [-0.39, 0.29) is 12.5 Å². The molecular weight excluding hydrogens is 204 g/mol. The van der Waals surface area contributed by atoms with Crippen LogP contribution < -0.4 is 11.3 Å². The Morgan fingerprint density at radius 3 is 2.81 bits per heavy atom. The minimum Gasteiger partial charge on any atom is -0.327 e. The number of nitrogens with zero attached hydrogens (tertiary/aromatic N) is 2. The largest absolute Gasteiger partial charge is 0.327 e. The number of carbonyl (C=O) groups is 1. The molecule has 0 aliphatic rings. The molecule has 1 aromatic heterocycles. The zero-order valence-electron chi connectivity index (χ0n) is 8.63. The van der Waals surface area contributed by atoms with Crippen LogP contribution >= 0.6 is 0 Å². The zero-order chi connectivity index (χ0) is 11.4. The third kappa shape index (κ3) is 2.26. The monoisotopic (exact) mass is 216 g/mol. The summed E-state index contributed by atoms with van der Waals surface area (Å²) in [6.45, 7) is 0.177. The van der Waals surface area contributed by atoms with Crippen LogP contribution in [-0.4, -0.2) is 15.5 Å². The van der Waals surface area contributed by atoms with Crippen LogP contribution in [0.3, 0.4) is 0 Å². The molecule has 5 heteroatoms. The molecule has 2 rings (SSSR count). The Balaban J connectivity index is 2.17. The van der Waals surface area contributed by atoms with Crippen LogP contribution in [0.15, 0.2) is 42.9 Å². The SMILES string of the molecule is NNC(=O)Cn1cnc(-c2ccccc2)c1. The third-order valence-corrected chi connectivity index (χ3v) is 2.19. The van der Waals surface area contributed by atoms with Gasteiger partial charge in [0.15, 0.2) is 0 Å². The molecule has 0 saturated heterocycles. The number of nitrogens with one attached hydrogen (secondary N) is 1.